The van der Waals surface area contributed by atoms with E-state index in [1.165, 1.54) is 29.2 Å². The van der Waals surface area contributed by atoms with Crippen molar-refractivity contribution in [2.24, 2.45) is 0 Å². The van der Waals surface area contributed by atoms with E-state index < -0.39 is 34.3 Å². The van der Waals surface area contributed by atoms with Crippen molar-refractivity contribution in [1.29, 1.82) is 0 Å². The number of hydrogen-bond acceptors (Lipinski definition) is 5. The van der Waals surface area contributed by atoms with Crippen molar-refractivity contribution < 1.29 is 27.1 Å². The van der Waals surface area contributed by atoms with Gasteiger partial charge in [-0.15, -0.1) is 0 Å². The summed E-state index contributed by atoms with van der Waals surface area (Å²) in [6.45, 7) is 7.16. The highest BCUT2D eigenvalue weighted by Crippen LogP contribution is 2.27. The van der Waals surface area contributed by atoms with Gasteiger partial charge in [0, 0.05) is 19.0 Å². The van der Waals surface area contributed by atoms with Gasteiger partial charge in [-0.05, 0) is 87.4 Å². The maximum absolute atomic E-state index is 14.5. The van der Waals surface area contributed by atoms with Gasteiger partial charge in [0.15, 0.2) is 0 Å². The number of rotatable bonds is 14. The third-order valence-electron chi connectivity index (χ3n) is 7.29. The summed E-state index contributed by atoms with van der Waals surface area (Å²) in [6.07, 6.45) is 0.183. The summed E-state index contributed by atoms with van der Waals surface area (Å²) < 4.78 is 48.7. The van der Waals surface area contributed by atoms with Crippen LogP contribution in [0.15, 0.2) is 108 Å². The van der Waals surface area contributed by atoms with Crippen LogP contribution in [0.2, 0.25) is 0 Å². The molecule has 4 aromatic carbocycles. The van der Waals surface area contributed by atoms with Gasteiger partial charge in [0.1, 0.15) is 24.2 Å². The standard InChI is InChI=1S/C36H40FN3O5S/c1-5-45-32-19-21-33(22-20-32)46(43,44)40(31-17-11-27(4)12-18-31)25-35(41)39(24-29-13-15-30(37)16-14-29)34(36(42)38-26(2)3)23-28-9-7-6-8-10-28/h6-22,26,34H,5,23-25H2,1-4H3,(H,38,42)/t34-/m0/s1. The Labute approximate surface area is 270 Å². The lowest BCUT2D eigenvalue weighted by molar-refractivity contribution is -0.140. The Bertz CT molecular complexity index is 1700. The normalized spacial score (nSPS) is 12.0. The lowest BCUT2D eigenvalue weighted by atomic mass is 10.0. The van der Waals surface area contributed by atoms with Crippen molar-refractivity contribution in [1.82, 2.24) is 10.2 Å². The molecule has 0 aliphatic carbocycles. The van der Waals surface area contributed by atoms with Crippen LogP contribution in [0.4, 0.5) is 10.1 Å². The highest BCUT2D eigenvalue weighted by atomic mass is 32.2. The van der Waals surface area contributed by atoms with E-state index in [0.717, 1.165) is 15.4 Å². The van der Waals surface area contributed by atoms with Crippen molar-refractivity contribution in [3.63, 3.8) is 0 Å². The van der Waals surface area contributed by atoms with Gasteiger partial charge < -0.3 is 15.0 Å². The molecule has 0 radical (unpaired) electrons. The van der Waals surface area contributed by atoms with Crippen LogP contribution in [0.5, 0.6) is 5.75 Å². The number of benzene rings is 4. The van der Waals surface area contributed by atoms with Gasteiger partial charge in [-0.25, -0.2) is 12.8 Å². The van der Waals surface area contributed by atoms with E-state index in [0.29, 0.717) is 23.6 Å². The molecule has 2 amide bonds. The minimum Gasteiger partial charge on any atom is -0.494 e. The Balaban J connectivity index is 1.79. The average Bonchev–Trinajstić information content (AvgIpc) is 3.03. The summed E-state index contributed by atoms with van der Waals surface area (Å²) in [5.41, 5.74) is 2.61. The first-order valence-electron chi connectivity index (χ1n) is 15.2. The van der Waals surface area contributed by atoms with E-state index in [1.54, 1.807) is 48.5 Å². The van der Waals surface area contributed by atoms with Crippen LogP contribution in [0, 0.1) is 12.7 Å². The predicted octanol–water partition coefficient (Wildman–Crippen LogP) is 5.89. The zero-order chi connectivity index (χ0) is 33.3. The van der Waals surface area contributed by atoms with E-state index >= 15 is 0 Å². The summed E-state index contributed by atoms with van der Waals surface area (Å²) in [7, 11) is -4.25. The second-order valence-corrected chi connectivity index (χ2v) is 13.1. The smallest absolute Gasteiger partial charge is 0.264 e. The van der Waals surface area contributed by atoms with Crippen molar-refractivity contribution in [2.45, 2.75) is 57.6 Å². The van der Waals surface area contributed by atoms with Crippen LogP contribution < -0.4 is 14.4 Å². The number of anilines is 1. The van der Waals surface area contributed by atoms with E-state index in [9.17, 15) is 22.4 Å². The molecular formula is C36H40FN3O5S. The molecule has 10 heteroatoms. The molecule has 242 valence electrons. The number of hydrogen-bond donors (Lipinski definition) is 1. The molecule has 0 bridgehead atoms. The Kier molecular flexibility index (Phi) is 11.5. The van der Waals surface area contributed by atoms with Crippen LogP contribution in [-0.2, 0) is 32.6 Å². The Morgan fingerprint density at radius 2 is 1.48 bits per heavy atom. The van der Waals surface area contributed by atoms with Crippen LogP contribution in [0.3, 0.4) is 0 Å². The summed E-state index contributed by atoms with van der Waals surface area (Å²) in [5.74, 6) is -0.901. The fourth-order valence-electron chi connectivity index (χ4n) is 4.96. The third-order valence-corrected chi connectivity index (χ3v) is 9.08. The number of ether oxygens (including phenoxy) is 1. The summed E-state index contributed by atoms with van der Waals surface area (Å²) in [4.78, 5) is 29.5. The Morgan fingerprint density at radius 1 is 0.848 bits per heavy atom. The van der Waals surface area contributed by atoms with Gasteiger partial charge in [-0.1, -0.05) is 60.2 Å². The SMILES string of the molecule is CCOc1ccc(S(=O)(=O)N(CC(=O)N(Cc2ccc(F)cc2)[C@@H](Cc2ccccc2)C(=O)NC(C)C)c2ccc(C)cc2)cc1. The molecule has 0 aliphatic rings. The van der Waals surface area contributed by atoms with Gasteiger partial charge >= 0.3 is 0 Å². The van der Waals surface area contributed by atoms with Crippen LogP contribution in [0.1, 0.15) is 37.5 Å². The molecule has 0 spiro atoms. The second kappa shape index (κ2) is 15.5. The average molecular weight is 646 g/mol. The molecule has 4 aromatic rings. The lowest BCUT2D eigenvalue weighted by Crippen LogP contribution is -2.54. The maximum atomic E-state index is 14.5. The molecule has 0 fully saturated rings. The predicted molar refractivity (Wildman–Crippen MR) is 177 cm³/mol. The molecule has 0 aromatic heterocycles. The van der Waals surface area contributed by atoms with E-state index in [1.807, 2.05) is 58.0 Å². The van der Waals surface area contributed by atoms with Gasteiger partial charge in [0.25, 0.3) is 10.0 Å². The molecule has 0 saturated carbocycles. The summed E-state index contributed by atoms with van der Waals surface area (Å²) in [5, 5.41) is 2.92. The largest absolute Gasteiger partial charge is 0.494 e. The fraction of sp³-hybridized carbons (Fsp3) is 0.278. The molecule has 4 rings (SSSR count). The molecule has 8 nitrogen and oxygen atoms in total. The molecule has 0 saturated heterocycles. The van der Waals surface area contributed by atoms with E-state index in [4.69, 9.17) is 4.74 Å². The minimum absolute atomic E-state index is 0.0206. The first kappa shape index (κ1) is 34.2. The number of nitrogens with zero attached hydrogens (tertiary/aromatic N) is 2. The fourth-order valence-corrected chi connectivity index (χ4v) is 6.38. The second-order valence-electron chi connectivity index (χ2n) is 11.3. The molecule has 0 heterocycles. The highest BCUT2D eigenvalue weighted by molar-refractivity contribution is 7.92. The summed E-state index contributed by atoms with van der Waals surface area (Å²) >= 11 is 0. The Morgan fingerprint density at radius 3 is 2.07 bits per heavy atom. The Hall–Kier alpha value is -4.70. The third kappa shape index (κ3) is 8.94. The first-order valence-corrected chi connectivity index (χ1v) is 16.6. The number of sulfonamides is 1. The van der Waals surface area contributed by atoms with Crippen LogP contribution in [0.25, 0.3) is 0 Å². The molecular weight excluding hydrogens is 605 g/mol. The van der Waals surface area contributed by atoms with Gasteiger partial charge in [0.05, 0.1) is 17.2 Å². The van der Waals surface area contributed by atoms with Crippen LogP contribution >= 0.6 is 0 Å². The number of carbonyl (C=O) groups excluding carboxylic acids is 2. The quantitative estimate of drug-likeness (QED) is 0.185. The number of amides is 2. The first-order chi connectivity index (χ1) is 22.0. The monoisotopic (exact) mass is 645 g/mol. The number of aryl methyl sites for hydroxylation is 1. The lowest BCUT2D eigenvalue weighted by Gasteiger charge is -2.34. The molecule has 1 N–H and O–H groups in total. The van der Waals surface area contributed by atoms with Crippen molar-refractivity contribution >= 4 is 27.5 Å². The zero-order valence-corrected chi connectivity index (χ0v) is 27.3. The topological polar surface area (TPSA) is 96.0 Å². The van der Waals surface area contributed by atoms with Crippen molar-refractivity contribution in [3.8, 4) is 5.75 Å². The van der Waals surface area contributed by atoms with Gasteiger partial charge in [-0.3, -0.25) is 13.9 Å². The molecule has 1 atom stereocenters. The molecule has 0 aliphatic heterocycles. The molecule has 46 heavy (non-hydrogen) atoms. The minimum atomic E-state index is -4.25. The highest BCUT2D eigenvalue weighted by Gasteiger charge is 2.35. The van der Waals surface area contributed by atoms with Crippen molar-refractivity contribution in [2.75, 3.05) is 17.5 Å². The number of carbonyl (C=O) groups is 2. The number of nitrogens with one attached hydrogen (secondary N) is 1. The van der Waals surface area contributed by atoms with E-state index in [-0.39, 0.29) is 29.8 Å². The summed E-state index contributed by atoms with van der Waals surface area (Å²) in [6, 6.07) is 26.6. The zero-order valence-electron chi connectivity index (χ0n) is 26.5. The van der Waals surface area contributed by atoms with Gasteiger partial charge in [-0.2, -0.15) is 0 Å². The van der Waals surface area contributed by atoms with E-state index in [2.05, 4.69) is 5.32 Å². The van der Waals surface area contributed by atoms with Gasteiger partial charge in [0.2, 0.25) is 11.8 Å². The number of halogens is 1. The van der Waals surface area contributed by atoms with Crippen molar-refractivity contribution in [3.05, 3.63) is 126 Å². The maximum Gasteiger partial charge on any atom is 0.264 e. The molecule has 0 unspecified atom stereocenters. The van der Waals surface area contributed by atoms with Crippen LogP contribution in [-0.4, -0.2) is 50.4 Å².